The molecule has 0 radical (unpaired) electrons. The van der Waals surface area contributed by atoms with E-state index in [2.05, 4.69) is 0 Å². The predicted molar refractivity (Wildman–Crippen MR) is 49.4 cm³/mol. The molecule has 0 bridgehead atoms. The molecule has 0 aromatic carbocycles. The lowest BCUT2D eigenvalue weighted by Gasteiger charge is -1.97. The van der Waals surface area contributed by atoms with Gasteiger partial charge in [0, 0.05) is 13.2 Å². The van der Waals surface area contributed by atoms with Gasteiger partial charge in [-0.05, 0) is 28.7 Å². The van der Waals surface area contributed by atoms with Crippen molar-refractivity contribution in [1.29, 1.82) is 0 Å². The Labute approximate surface area is 77.0 Å². The average Bonchev–Trinajstić information content (AvgIpc) is 1.93. The maximum Gasteiger partial charge on any atom is 0.265 e. The van der Waals surface area contributed by atoms with E-state index in [9.17, 15) is 4.79 Å². The van der Waals surface area contributed by atoms with Crippen molar-refractivity contribution in [1.82, 2.24) is 4.57 Å². The Kier molecular flexibility index (Phi) is 2.36. The summed E-state index contributed by atoms with van der Waals surface area (Å²) in [5.41, 5.74) is -0.0481. The molecular weight excluding hydrogens is 264 g/mol. The molecule has 4 heteroatoms. The molecule has 1 aromatic heterocycles. The lowest BCUT2D eigenvalue weighted by Crippen LogP contribution is -2.18. The van der Waals surface area contributed by atoms with E-state index in [1.165, 1.54) is 4.57 Å². The van der Waals surface area contributed by atoms with E-state index in [-0.39, 0.29) is 5.56 Å². The molecule has 0 saturated heterocycles. The van der Waals surface area contributed by atoms with Crippen molar-refractivity contribution in [2.24, 2.45) is 7.05 Å². The Balaban J connectivity index is 3.50. The molecule has 0 aliphatic carbocycles. The summed E-state index contributed by atoms with van der Waals surface area (Å²) < 4.78 is 2.07. The summed E-state index contributed by atoms with van der Waals surface area (Å²) in [5, 5.41) is 0.517. The van der Waals surface area contributed by atoms with Crippen molar-refractivity contribution in [3.63, 3.8) is 0 Å². The van der Waals surface area contributed by atoms with Gasteiger partial charge in [0.2, 0.25) is 0 Å². The van der Waals surface area contributed by atoms with Gasteiger partial charge in [0.1, 0.15) is 0 Å². The van der Waals surface area contributed by atoms with Crippen LogP contribution in [0.5, 0.6) is 0 Å². The Morgan fingerprint density at radius 2 is 2.30 bits per heavy atom. The van der Waals surface area contributed by atoms with Crippen LogP contribution in [0.3, 0.4) is 0 Å². The molecule has 0 saturated carbocycles. The van der Waals surface area contributed by atoms with E-state index in [0.29, 0.717) is 8.59 Å². The highest BCUT2D eigenvalue weighted by Gasteiger charge is 2.00. The van der Waals surface area contributed by atoms with Crippen LogP contribution in [0.4, 0.5) is 0 Å². The van der Waals surface area contributed by atoms with Gasteiger partial charge in [0.15, 0.2) is 0 Å². The second-order valence-electron chi connectivity index (χ2n) is 1.89. The molecule has 1 rings (SSSR count). The lowest BCUT2D eigenvalue weighted by atomic mass is 10.5. The fraction of sp³-hybridized carbons (Fsp3) is 0.167. The van der Waals surface area contributed by atoms with E-state index in [1.54, 1.807) is 19.3 Å². The summed E-state index contributed by atoms with van der Waals surface area (Å²) in [6.07, 6.45) is 1.65. The van der Waals surface area contributed by atoms with Crippen LogP contribution in [0.2, 0.25) is 5.02 Å². The predicted octanol–water partition coefficient (Wildman–Crippen LogP) is 1.64. The molecule has 10 heavy (non-hydrogen) atoms. The molecular formula is C6H5ClINO. The number of hydrogen-bond donors (Lipinski definition) is 0. The summed E-state index contributed by atoms with van der Waals surface area (Å²) in [7, 11) is 1.70. The first-order valence-electron chi connectivity index (χ1n) is 2.63. The van der Waals surface area contributed by atoms with Gasteiger partial charge in [-0.1, -0.05) is 11.6 Å². The Morgan fingerprint density at radius 1 is 1.70 bits per heavy atom. The molecule has 1 aromatic rings. The van der Waals surface area contributed by atoms with Crippen molar-refractivity contribution in [3.8, 4) is 0 Å². The fourth-order valence-electron chi connectivity index (χ4n) is 0.575. The number of aryl methyl sites for hydroxylation is 1. The van der Waals surface area contributed by atoms with Gasteiger partial charge in [-0.25, -0.2) is 0 Å². The molecule has 2 nitrogen and oxygen atoms in total. The summed E-state index contributed by atoms with van der Waals surface area (Å²) >= 11 is 7.59. The first kappa shape index (κ1) is 8.07. The zero-order chi connectivity index (χ0) is 7.72. The average molecular weight is 269 g/mol. The van der Waals surface area contributed by atoms with Crippen LogP contribution in [-0.4, -0.2) is 4.57 Å². The van der Waals surface area contributed by atoms with E-state index in [4.69, 9.17) is 11.6 Å². The van der Waals surface area contributed by atoms with Gasteiger partial charge in [-0.15, -0.1) is 0 Å². The highest BCUT2D eigenvalue weighted by atomic mass is 127. The monoisotopic (exact) mass is 269 g/mol. The Hall–Kier alpha value is -0.0300. The lowest BCUT2D eigenvalue weighted by molar-refractivity contribution is 0.853. The first-order chi connectivity index (χ1) is 4.63. The van der Waals surface area contributed by atoms with Gasteiger partial charge < -0.3 is 4.57 Å². The molecule has 0 atom stereocenters. The third kappa shape index (κ3) is 1.34. The molecule has 0 aliphatic rings. The minimum Gasteiger partial charge on any atom is -0.318 e. The van der Waals surface area contributed by atoms with Crippen LogP contribution in [0, 0.1) is 3.57 Å². The van der Waals surface area contributed by atoms with Crippen molar-refractivity contribution < 1.29 is 0 Å². The van der Waals surface area contributed by atoms with Crippen LogP contribution in [0.15, 0.2) is 17.1 Å². The SMILES string of the molecule is Cn1ccc(Cl)c(I)c1=O. The smallest absolute Gasteiger partial charge is 0.265 e. The van der Waals surface area contributed by atoms with Crippen molar-refractivity contribution >= 4 is 34.2 Å². The van der Waals surface area contributed by atoms with E-state index >= 15 is 0 Å². The van der Waals surface area contributed by atoms with Gasteiger partial charge in [0.05, 0.1) is 8.59 Å². The number of halogens is 2. The molecule has 0 spiro atoms. The van der Waals surface area contributed by atoms with Crippen LogP contribution in [-0.2, 0) is 7.05 Å². The Morgan fingerprint density at radius 3 is 2.80 bits per heavy atom. The second-order valence-corrected chi connectivity index (χ2v) is 3.38. The van der Waals surface area contributed by atoms with Crippen molar-refractivity contribution in [3.05, 3.63) is 31.2 Å². The van der Waals surface area contributed by atoms with E-state index in [1.807, 2.05) is 22.6 Å². The zero-order valence-corrected chi connectivity index (χ0v) is 8.18. The number of rotatable bonds is 0. The van der Waals surface area contributed by atoms with Gasteiger partial charge in [0.25, 0.3) is 5.56 Å². The summed E-state index contributed by atoms with van der Waals surface area (Å²) in [6.45, 7) is 0. The first-order valence-corrected chi connectivity index (χ1v) is 4.09. The zero-order valence-electron chi connectivity index (χ0n) is 5.27. The quantitative estimate of drug-likeness (QED) is 0.656. The van der Waals surface area contributed by atoms with Crippen LogP contribution >= 0.6 is 34.2 Å². The van der Waals surface area contributed by atoms with Crippen molar-refractivity contribution in [2.75, 3.05) is 0 Å². The molecule has 0 N–H and O–H groups in total. The standard InChI is InChI=1S/C6H5ClINO/c1-9-3-2-4(7)5(8)6(9)10/h2-3H,1H3. The molecule has 0 amide bonds. The summed E-state index contributed by atoms with van der Waals surface area (Å²) in [5.74, 6) is 0. The molecule has 0 fully saturated rings. The third-order valence-electron chi connectivity index (χ3n) is 1.16. The normalized spacial score (nSPS) is 9.90. The maximum absolute atomic E-state index is 11.1. The van der Waals surface area contributed by atoms with Crippen molar-refractivity contribution in [2.45, 2.75) is 0 Å². The topological polar surface area (TPSA) is 22.0 Å². The molecule has 0 unspecified atom stereocenters. The molecule has 0 aliphatic heterocycles. The number of pyridine rings is 1. The van der Waals surface area contributed by atoms with E-state index < -0.39 is 0 Å². The number of aromatic nitrogens is 1. The third-order valence-corrected chi connectivity index (χ3v) is 2.84. The minimum absolute atomic E-state index is 0.0481. The molecule has 1 heterocycles. The highest BCUT2D eigenvalue weighted by molar-refractivity contribution is 14.1. The largest absolute Gasteiger partial charge is 0.318 e. The van der Waals surface area contributed by atoms with Gasteiger partial charge in [-0.2, -0.15) is 0 Å². The minimum atomic E-state index is -0.0481. The Bertz CT molecular complexity index is 307. The van der Waals surface area contributed by atoms with Gasteiger partial charge >= 0.3 is 0 Å². The van der Waals surface area contributed by atoms with Crippen LogP contribution in [0.25, 0.3) is 0 Å². The van der Waals surface area contributed by atoms with Gasteiger partial charge in [-0.3, -0.25) is 4.79 Å². The van der Waals surface area contributed by atoms with Crippen LogP contribution in [0.1, 0.15) is 0 Å². The van der Waals surface area contributed by atoms with E-state index in [0.717, 1.165) is 0 Å². The number of nitrogens with zero attached hydrogens (tertiary/aromatic N) is 1. The van der Waals surface area contributed by atoms with Crippen LogP contribution < -0.4 is 5.56 Å². The highest BCUT2D eigenvalue weighted by Crippen LogP contribution is 2.11. The second kappa shape index (κ2) is 2.92. The summed E-state index contributed by atoms with van der Waals surface area (Å²) in [6, 6.07) is 1.70. The fourth-order valence-corrected chi connectivity index (χ4v) is 1.27. The maximum atomic E-state index is 11.1. The number of hydrogen-bond acceptors (Lipinski definition) is 1. The summed E-state index contributed by atoms with van der Waals surface area (Å²) in [4.78, 5) is 11.1. The molecule has 54 valence electrons.